The normalized spacial score (nSPS) is 28.2. The van der Waals surface area contributed by atoms with Crippen LogP contribution in [0.1, 0.15) is 22.4 Å². The molecule has 0 aromatic carbocycles. The summed E-state index contributed by atoms with van der Waals surface area (Å²) < 4.78 is 5.62. The summed E-state index contributed by atoms with van der Waals surface area (Å²) in [5, 5.41) is 1.09. The van der Waals surface area contributed by atoms with Crippen LogP contribution in [0.25, 0.3) is 0 Å². The molecule has 1 aliphatic heterocycles. The molecule has 1 aliphatic rings. The number of ether oxygens (including phenoxy) is 1. The van der Waals surface area contributed by atoms with Crippen molar-refractivity contribution in [2.24, 2.45) is 11.7 Å². The quantitative estimate of drug-likeness (QED) is 0.783. The van der Waals surface area contributed by atoms with Crippen LogP contribution in [0.3, 0.4) is 0 Å². The van der Waals surface area contributed by atoms with E-state index >= 15 is 0 Å². The van der Waals surface area contributed by atoms with Gasteiger partial charge in [-0.05, 0) is 19.9 Å². The Bertz CT molecular complexity index is 287. The topological polar surface area (TPSA) is 48.1 Å². The molecule has 1 fully saturated rings. The molecular weight excluding hydrogens is 184 g/mol. The van der Waals surface area contributed by atoms with Crippen molar-refractivity contribution in [3.8, 4) is 0 Å². The number of aromatic nitrogens is 1. The van der Waals surface area contributed by atoms with Crippen LogP contribution in [0, 0.1) is 12.8 Å². The Morgan fingerprint density at radius 1 is 1.77 bits per heavy atom. The summed E-state index contributed by atoms with van der Waals surface area (Å²) in [5.41, 5.74) is 5.67. The average molecular weight is 198 g/mol. The maximum Gasteiger partial charge on any atom is 0.122 e. The third-order valence-electron chi connectivity index (χ3n) is 2.40. The summed E-state index contributed by atoms with van der Waals surface area (Å²) in [4.78, 5) is 5.57. The van der Waals surface area contributed by atoms with E-state index in [9.17, 15) is 0 Å². The number of aryl methyl sites for hydroxylation is 1. The number of thiazole rings is 1. The lowest BCUT2D eigenvalue weighted by molar-refractivity contribution is 0.0922. The summed E-state index contributed by atoms with van der Waals surface area (Å²) in [7, 11) is 0. The van der Waals surface area contributed by atoms with Crippen molar-refractivity contribution < 1.29 is 4.74 Å². The summed E-state index contributed by atoms with van der Waals surface area (Å²) in [5.74, 6) is 0.463. The zero-order chi connectivity index (χ0) is 9.26. The lowest BCUT2D eigenvalue weighted by Gasteiger charge is -2.13. The van der Waals surface area contributed by atoms with E-state index in [1.54, 1.807) is 11.3 Å². The molecule has 1 saturated heterocycles. The molecule has 0 spiro atoms. The van der Waals surface area contributed by atoms with E-state index in [-0.39, 0.29) is 6.10 Å². The second-order valence-corrected chi connectivity index (χ2v) is 4.65. The van der Waals surface area contributed by atoms with Gasteiger partial charge in [0.15, 0.2) is 0 Å². The Morgan fingerprint density at radius 2 is 2.62 bits per heavy atom. The molecule has 0 aliphatic carbocycles. The monoisotopic (exact) mass is 198 g/mol. The number of nitrogens with zero attached hydrogens (tertiary/aromatic N) is 1. The zero-order valence-corrected chi connectivity index (χ0v) is 8.51. The average Bonchev–Trinajstić information content (AvgIpc) is 2.71. The van der Waals surface area contributed by atoms with Crippen LogP contribution in [-0.4, -0.2) is 18.1 Å². The number of nitrogens with two attached hydrogens (primary N) is 1. The molecular formula is C9H14N2OS. The maximum atomic E-state index is 5.67. The van der Waals surface area contributed by atoms with E-state index < -0.39 is 0 Å². The van der Waals surface area contributed by atoms with Crippen LogP contribution in [0.5, 0.6) is 0 Å². The molecule has 2 heterocycles. The van der Waals surface area contributed by atoms with Gasteiger partial charge in [-0.3, -0.25) is 0 Å². The van der Waals surface area contributed by atoms with Crippen LogP contribution in [-0.2, 0) is 4.74 Å². The first kappa shape index (κ1) is 9.12. The standard InChI is InChI=1S/C9H14N2OS/c1-6-5-11-9(13-6)8-7(4-10)2-3-12-8/h5,7-8H,2-4,10H2,1H3. The van der Waals surface area contributed by atoms with Crippen molar-refractivity contribution in [1.82, 2.24) is 4.98 Å². The molecule has 2 atom stereocenters. The first-order chi connectivity index (χ1) is 6.31. The van der Waals surface area contributed by atoms with Crippen LogP contribution in [0.15, 0.2) is 6.20 Å². The van der Waals surface area contributed by atoms with Crippen molar-refractivity contribution >= 4 is 11.3 Å². The van der Waals surface area contributed by atoms with Crippen LogP contribution in [0.2, 0.25) is 0 Å². The van der Waals surface area contributed by atoms with E-state index in [2.05, 4.69) is 11.9 Å². The summed E-state index contributed by atoms with van der Waals surface area (Å²) in [6, 6.07) is 0. The fraction of sp³-hybridized carbons (Fsp3) is 0.667. The van der Waals surface area contributed by atoms with Gasteiger partial charge in [-0.2, -0.15) is 0 Å². The zero-order valence-electron chi connectivity index (χ0n) is 7.69. The van der Waals surface area contributed by atoms with Gasteiger partial charge in [-0.15, -0.1) is 11.3 Å². The Balaban J connectivity index is 2.15. The van der Waals surface area contributed by atoms with E-state index in [1.807, 2.05) is 6.20 Å². The van der Waals surface area contributed by atoms with Gasteiger partial charge in [0.25, 0.3) is 0 Å². The Kier molecular flexibility index (Phi) is 2.62. The highest BCUT2D eigenvalue weighted by molar-refractivity contribution is 7.11. The Labute approximate surface area is 81.9 Å². The van der Waals surface area contributed by atoms with Crippen LogP contribution in [0.4, 0.5) is 0 Å². The van der Waals surface area contributed by atoms with Gasteiger partial charge < -0.3 is 10.5 Å². The molecule has 0 saturated carbocycles. The van der Waals surface area contributed by atoms with E-state index in [1.165, 1.54) is 4.88 Å². The van der Waals surface area contributed by atoms with Crippen molar-refractivity contribution in [3.63, 3.8) is 0 Å². The Morgan fingerprint density at radius 3 is 3.23 bits per heavy atom. The molecule has 2 unspecified atom stereocenters. The van der Waals surface area contributed by atoms with Gasteiger partial charge in [0.05, 0.1) is 0 Å². The first-order valence-corrected chi connectivity index (χ1v) is 5.37. The summed E-state index contributed by atoms with van der Waals surface area (Å²) in [6.07, 6.45) is 3.12. The smallest absolute Gasteiger partial charge is 0.122 e. The molecule has 0 bridgehead atoms. The predicted molar refractivity (Wildman–Crippen MR) is 52.7 cm³/mol. The van der Waals surface area contributed by atoms with E-state index in [0.717, 1.165) is 18.0 Å². The minimum atomic E-state index is 0.156. The molecule has 72 valence electrons. The third kappa shape index (κ3) is 1.75. The Hall–Kier alpha value is -0.450. The summed E-state index contributed by atoms with van der Waals surface area (Å²) in [6.45, 7) is 3.59. The number of hydrogen-bond donors (Lipinski definition) is 1. The lowest BCUT2D eigenvalue weighted by Crippen LogP contribution is -2.17. The first-order valence-electron chi connectivity index (χ1n) is 4.55. The van der Waals surface area contributed by atoms with Crippen molar-refractivity contribution in [1.29, 1.82) is 0 Å². The predicted octanol–water partition coefficient (Wildman–Crippen LogP) is 1.49. The molecule has 13 heavy (non-hydrogen) atoms. The minimum Gasteiger partial charge on any atom is -0.371 e. The molecule has 0 amide bonds. The molecule has 2 rings (SSSR count). The van der Waals surface area contributed by atoms with Gasteiger partial charge in [0.2, 0.25) is 0 Å². The molecule has 2 N–H and O–H groups in total. The molecule has 1 aromatic heterocycles. The van der Waals surface area contributed by atoms with Gasteiger partial charge in [0, 0.05) is 23.6 Å². The molecule has 1 aromatic rings. The van der Waals surface area contributed by atoms with Crippen LogP contribution >= 0.6 is 11.3 Å². The largest absolute Gasteiger partial charge is 0.371 e. The second-order valence-electron chi connectivity index (χ2n) is 3.38. The number of hydrogen-bond acceptors (Lipinski definition) is 4. The SMILES string of the molecule is Cc1cnc(C2OCCC2CN)s1. The van der Waals surface area contributed by atoms with E-state index in [0.29, 0.717) is 12.5 Å². The van der Waals surface area contributed by atoms with Gasteiger partial charge in [0.1, 0.15) is 11.1 Å². The molecule has 4 heteroatoms. The molecule has 3 nitrogen and oxygen atoms in total. The van der Waals surface area contributed by atoms with Gasteiger partial charge in [-0.25, -0.2) is 4.98 Å². The highest BCUT2D eigenvalue weighted by Gasteiger charge is 2.30. The van der Waals surface area contributed by atoms with Gasteiger partial charge >= 0.3 is 0 Å². The van der Waals surface area contributed by atoms with Crippen molar-refractivity contribution in [3.05, 3.63) is 16.1 Å². The summed E-state index contributed by atoms with van der Waals surface area (Å²) >= 11 is 1.71. The van der Waals surface area contributed by atoms with Gasteiger partial charge in [-0.1, -0.05) is 0 Å². The molecule has 0 radical (unpaired) electrons. The van der Waals surface area contributed by atoms with Crippen molar-refractivity contribution in [2.45, 2.75) is 19.4 Å². The van der Waals surface area contributed by atoms with Crippen molar-refractivity contribution in [2.75, 3.05) is 13.2 Å². The van der Waals surface area contributed by atoms with E-state index in [4.69, 9.17) is 10.5 Å². The third-order valence-corrected chi connectivity index (χ3v) is 3.37. The van der Waals surface area contributed by atoms with Crippen LogP contribution < -0.4 is 5.73 Å². The highest BCUT2D eigenvalue weighted by atomic mass is 32.1. The highest BCUT2D eigenvalue weighted by Crippen LogP contribution is 2.35. The number of rotatable bonds is 2. The maximum absolute atomic E-state index is 5.67. The fourth-order valence-electron chi connectivity index (χ4n) is 1.65. The minimum absolute atomic E-state index is 0.156. The second kappa shape index (κ2) is 3.74. The lowest BCUT2D eigenvalue weighted by atomic mass is 10.0. The fourth-order valence-corrected chi connectivity index (χ4v) is 2.57.